The lowest BCUT2D eigenvalue weighted by molar-refractivity contribution is 0.0734. The van der Waals surface area contributed by atoms with E-state index in [0.717, 1.165) is 24.0 Å². The third-order valence-corrected chi connectivity index (χ3v) is 6.33. The lowest BCUT2D eigenvalue weighted by Gasteiger charge is -2.26. The number of carbonyl (C=O) groups excluding carboxylic acids is 1. The summed E-state index contributed by atoms with van der Waals surface area (Å²) >= 11 is 0. The molecule has 1 N–H and O–H groups in total. The van der Waals surface area contributed by atoms with Crippen LogP contribution in [0.2, 0.25) is 0 Å². The van der Waals surface area contributed by atoms with E-state index in [-0.39, 0.29) is 16.8 Å². The van der Waals surface area contributed by atoms with Gasteiger partial charge in [-0.15, -0.1) is 0 Å². The third kappa shape index (κ3) is 3.66. The second-order valence-corrected chi connectivity index (χ2v) is 8.31. The number of nitrogens with one attached hydrogen (secondary N) is 1. The van der Waals surface area contributed by atoms with Crippen LogP contribution in [-0.2, 0) is 10.0 Å². The molecule has 0 radical (unpaired) electrons. The molecule has 5 nitrogen and oxygen atoms in total. The van der Waals surface area contributed by atoms with E-state index in [1.807, 2.05) is 42.2 Å². The molecule has 1 unspecified atom stereocenters. The number of likely N-dealkylation sites (tertiary alicyclic amines) is 1. The topological polar surface area (TPSA) is 66.5 Å². The number of aryl methyl sites for hydroxylation is 1. The number of carbonyl (C=O) groups is 1. The lowest BCUT2D eigenvalue weighted by Crippen LogP contribution is -2.31. The number of hydrogen-bond acceptors (Lipinski definition) is 3. The van der Waals surface area contributed by atoms with Crippen LogP contribution in [-0.4, -0.2) is 32.3 Å². The van der Waals surface area contributed by atoms with E-state index in [9.17, 15) is 13.2 Å². The first-order valence-electron chi connectivity index (χ1n) is 8.90. The van der Waals surface area contributed by atoms with E-state index in [1.54, 1.807) is 19.1 Å². The van der Waals surface area contributed by atoms with Gasteiger partial charge in [-0.2, -0.15) is 0 Å². The fraction of sp³-hybridized carbons (Fsp3) is 0.350. The molecule has 3 rings (SSSR count). The number of amides is 1. The van der Waals surface area contributed by atoms with E-state index in [1.165, 1.54) is 6.07 Å². The summed E-state index contributed by atoms with van der Waals surface area (Å²) < 4.78 is 27.1. The summed E-state index contributed by atoms with van der Waals surface area (Å²) in [5.41, 5.74) is 2.35. The van der Waals surface area contributed by atoms with Gasteiger partial charge in [0.25, 0.3) is 5.91 Å². The molecule has 6 heteroatoms. The summed E-state index contributed by atoms with van der Waals surface area (Å²) in [6.45, 7) is 4.56. The molecule has 1 saturated heterocycles. The SMILES string of the molecule is CCNS(=O)(=O)c1ccc(C)c(C(=O)N2CCCC2c2ccccc2)c1. The summed E-state index contributed by atoms with van der Waals surface area (Å²) in [7, 11) is -3.59. The Morgan fingerprint density at radius 1 is 1.19 bits per heavy atom. The Labute approximate surface area is 155 Å². The average Bonchev–Trinajstić information content (AvgIpc) is 3.12. The molecular weight excluding hydrogens is 348 g/mol. The average molecular weight is 372 g/mol. The number of benzene rings is 2. The minimum Gasteiger partial charge on any atom is -0.332 e. The van der Waals surface area contributed by atoms with Gasteiger partial charge in [0.05, 0.1) is 10.9 Å². The van der Waals surface area contributed by atoms with E-state index in [4.69, 9.17) is 0 Å². The van der Waals surface area contributed by atoms with Gasteiger partial charge in [0.2, 0.25) is 10.0 Å². The van der Waals surface area contributed by atoms with Crippen molar-refractivity contribution in [3.8, 4) is 0 Å². The molecule has 0 saturated carbocycles. The Balaban J connectivity index is 1.94. The predicted molar refractivity (Wildman–Crippen MR) is 101 cm³/mol. The van der Waals surface area contributed by atoms with Gasteiger partial charge in [0.1, 0.15) is 0 Å². The molecule has 2 aromatic rings. The molecule has 1 aliphatic rings. The number of rotatable bonds is 5. The molecule has 1 amide bonds. The molecule has 2 aromatic carbocycles. The molecule has 1 heterocycles. The van der Waals surface area contributed by atoms with Crippen LogP contribution in [0.4, 0.5) is 0 Å². The molecule has 1 aliphatic heterocycles. The molecule has 0 aliphatic carbocycles. The summed E-state index contributed by atoms with van der Waals surface area (Å²) in [5.74, 6) is -0.109. The second-order valence-electron chi connectivity index (χ2n) is 6.55. The van der Waals surface area contributed by atoms with Gasteiger partial charge < -0.3 is 4.90 Å². The molecule has 138 valence electrons. The van der Waals surface area contributed by atoms with Gasteiger partial charge in [0, 0.05) is 18.7 Å². The van der Waals surface area contributed by atoms with Gasteiger partial charge in [-0.3, -0.25) is 4.79 Å². The summed E-state index contributed by atoms with van der Waals surface area (Å²) in [6, 6.07) is 14.8. The first kappa shape index (κ1) is 18.6. The summed E-state index contributed by atoms with van der Waals surface area (Å²) in [5, 5.41) is 0. The quantitative estimate of drug-likeness (QED) is 0.876. The number of nitrogens with zero attached hydrogens (tertiary/aromatic N) is 1. The Morgan fingerprint density at radius 2 is 1.92 bits per heavy atom. The maximum Gasteiger partial charge on any atom is 0.254 e. The van der Waals surface area contributed by atoms with Crippen molar-refractivity contribution in [1.82, 2.24) is 9.62 Å². The zero-order valence-electron chi connectivity index (χ0n) is 15.1. The zero-order valence-corrected chi connectivity index (χ0v) is 15.9. The van der Waals surface area contributed by atoms with Crippen LogP contribution in [0.15, 0.2) is 53.4 Å². The fourth-order valence-electron chi connectivity index (χ4n) is 3.46. The van der Waals surface area contributed by atoms with Crippen molar-refractivity contribution in [2.45, 2.75) is 37.6 Å². The third-order valence-electron chi connectivity index (χ3n) is 4.78. The van der Waals surface area contributed by atoms with Crippen LogP contribution in [0.5, 0.6) is 0 Å². The summed E-state index contributed by atoms with van der Waals surface area (Å²) in [4.78, 5) is 15.2. The second kappa shape index (κ2) is 7.60. The van der Waals surface area contributed by atoms with E-state index in [0.29, 0.717) is 18.7 Å². The molecule has 1 atom stereocenters. The van der Waals surface area contributed by atoms with Crippen LogP contribution in [0, 0.1) is 6.92 Å². The molecule has 0 spiro atoms. The van der Waals surface area contributed by atoms with Gasteiger partial charge >= 0.3 is 0 Å². The molecule has 26 heavy (non-hydrogen) atoms. The van der Waals surface area contributed by atoms with Crippen molar-refractivity contribution in [2.75, 3.05) is 13.1 Å². The molecule has 0 bridgehead atoms. The highest BCUT2D eigenvalue weighted by atomic mass is 32.2. The molecule has 0 aromatic heterocycles. The van der Waals surface area contributed by atoms with E-state index in [2.05, 4.69) is 4.72 Å². The standard InChI is InChI=1S/C20H24N2O3S/c1-3-21-26(24,25)17-12-11-15(2)18(14-17)20(23)22-13-7-10-19(22)16-8-5-4-6-9-16/h4-6,8-9,11-12,14,19,21H,3,7,10,13H2,1-2H3. The van der Waals surface area contributed by atoms with Crippen molar-refractivity contribution in [3.05, 3.63) is 65.2 Å². The van der Waals surface area contributed by atoms with Crippen molar-refractivity contribution < 1.29 is 13.2 Å². The zero-order chi connectivity index (χ0) is 18.7. The Bertz CT molecular complexity index is 895. The van der Waals surface area contributed by atoms with Crippen LogP contribution < -0.4 is 4.72 Å². The lowest BCUT2D eigenvalue weighted by atomic mass is 10.0. The Kier molecular flexibility index (Phi) is 5.44. The molecular formula is C20H24N2O3S. The van der Waals surface area contributed by atoms with Gasteiger partial charge in [-0.1, -0.05) is 43.3 Å². The Morgan fingerprint density at radius 3 is 2.62 bits per heavy atom. The highest BCUT2D eigenvalue weighted by molar-refractivity contribution is 7.89. The van der Waals surface area contributed by atoms with Crippen molar-refractivity contribution >= 4 is 15.9 Å². The number of sulfonamides is 1. The largest absolute Gasteiger partial charge is 0.332 e. The predicted octanol–water partition coefficient (Wildman–Crippen LogP) is 3.27. The minimum atomic E-state index is -3.59. The van der Waals surface area contributed by atoms with Crippen LogP contribution in [0.25, 0.3) is 0 Å². The molecule has 1 fully saturated rings. The monoisotopic (exact) mass is 372 g/mol. The maximum absolute atomic E-state index is 13.2. The van der Waals surface area contributed by atoms with Crippen LogP contribution >= 0.6 is 0 Å². The van der Waals surface area contributed by atoms with Crippen molar-refractivity contribution in [1.29, 1.82) is 0 Å². The van der Waals surface area contributed by atoms with Crippen molar-refractivity contribution in [2.24, 2.45) is 0 Å². The van der Waals surface area contributed by atoms with E-state index < -0.39 is 10.0 Å². The first-order chi connectivity index (χ1) is 12.4. The van der Waals surface area contributed by atoms with Crippen LogP contribution in [0.3, 0.4) is 0 Å². The normalized spacial score (nSPS) is 17.5. The van der Waals surface area contributed by atoms with Gasteiger partial charge in [-0.25, -0.2) is 13.1 Å². The summed E-state index contributed by atoms with van der Waals surface area (Å²) in [6.07, 6.45) is 1.86. The fourth-order valence-corrected chi connectivity index (χ4v) is 4.53. The number of hydrogen-bond donors (Lipinski definition) is 1. The smallest absolute Gasteiger partial charge is 0.254 e. The van der Waals surface area contributed by atoms with E-state index >= 15 is 0 Å². The van der Waals surface area contributed by atoms with Crippen LogP contribution in [0.1, 0.15) is 47.3 Å². The highest BCUT2D eigenvalue weighted by Crippen LogP contribution is 2.33. The highest BCUT2D eigenvalue weighted by Gasteiger charge is 2.31. The minimum absolute atomic E-state index is 0.0390. The van der Waals surface area contributed by atoms with Gasteiger partial charge in [0.15, 0.2) is 0 Å². The van der Waals surface area contributed by atoms with Crippen molar-refractivity contribution in [3.63, 3.8) is 0 Å². The first-order valence-corrected chi connectivity index (χ1v) is 10.4. The Hall–Kier alpha value is -2.18. The maximum atomic E-state index is 13.2. The van der Waals surface area contributed by atoms with Gasteiger partial charge in [-0.05, 0) is 43.0 Å².